The Morgan fingerprint density at radius 2 is 1.56 bits per heavy atom. The van der Waals surface area contributed by atoms with Gasteiger partial charge in [-0.15, -0.1) is 0 Å². The largest absolute Gasteiger partial charge is 0.354 e. The molecule has 0 aromatic rings. The minimum atomic E-state index is -3.55. The molecule has 0 atom stereocenters. The topological polar surface area (TPSA) is 0 Å². The predicted molar refractivity (Wildman–Crippen MR) is 35.5 cm³/mol. The van der Waals surface area contributed by atoms with Crippen LogP contribution in [0.4, 0.5) is 8.78 Å². The van der Waals surface area contributed by atoms with Gasteiger partial charge in [-0.1, -0.05) is 30.1 Å². The SMILES string of the molecule is CCC(Cl)(Cl)C(F)(F)Cl. The summed E-state index contributed by atoms with van der Waals surface area (Å²) in [6.07, 6.45) is -0.0907. The zero-order chi connectivity index (χ0) is 7.71. The standard InChI is InChI=1S/C4H5Cl3F2/c1-2-3(5,6)4(7,8)9/h2H2,1H3. The van der Waals surface area contributed by atoms with Crippen molar-refractivity contribution >= 4 is 34.8 Å². The van der Waals surface area contributed by atoms with E-state index < -0.39 is 9.72 Å². The molecule has 0 aliphatic carbocycles. The Labute approximate surface area is 67.1 Å². The lowest BCUT2D eigenvalue weighted by molar-refractivity contribution is 0.0749. The molecule has 0 aliphatic heterocycles. The molecule has 0 saturated heterocycles. The van der Waals surface area contributed by atoms with E-state index in [-0.39, 0.29) is 6.42 Å². The molecule has 0 spiro atoms. The Bertz CT molecular complexity index is 96.5. The average Bonchev–Trinajstić information content (AvgIpc) is 1.64. The fraction of sp³-hybridized carbons (Fsp3) is 1.00. The van der Waals surface area contributed by atoms with Crippen LogP contribution in [0.1, 0.15) is 13.3 Å². The highest BCUT2D eigenvalue weighted by molar-refractivity contribution is 6.52. The fourth-order valence-corrected chi connectivity index (χ4v) is 0.334. The van der Waals surface area contributed by atoms with Gasteiger partial charge in [-0.05, 0) is 18.0 Å². The second-order valence-electron chi connectivity index (χ2n) is 1.56. The highest BCUT2D eigenvalue weighted by atomic mass is 35.5. The number of alkyl halides is 5. The zero-order valence-corrected chi connectivity index (χ0v) is 6.86. The van der Waals surface area contributed by atoms with Crippen molar-refractivity contribution in [3.63, 3.8) is 0 Å². The molecule has 0 nitrogen and oxygen atoms in total. The second-order valence-corrected chi connectivity index (χ2v) is 3.51. The summed E-state index contributed by atoms with van der Waals surface area (Å²) in [5, 5.41) is -3.55. The Hall–Kier alpha value is 0.730. The number of hydrogen-bond donors (Lipinski definition) is 0. The Balaban J connectivity index is 4.14. The van der Waals surface area contributed by atoms with Gasteiger partial charge in [0.15, 0.2) is 4.33 Å². The Morgan fingerprint density at radius 1 is 1.22 bits per heavy atom. The average molecular weight is 197 g/mol. The monoisotopic (exact) mass is 196 g/mol. The summed E-state index contributed by atoms with van der Waals surface area (Å²) in [4.78, 5) is 0. The maximum atomic E-state index is 12.0. The van der Waals surface area contributed by atoms with E-state index in [1.807, 2.05) is 0 Å². The first kappa shape index (κ1) is 9.73. The Morgan fingerprint density at radius 3 is 1.56 bits per heavy atom. The van der Waals surface area contributed by atoms with Crippen LogP contribution in [0.25, 0.3) is 0 Å². The molecule has 56 valence electrons. The molecular weight excluding hydrogens is 192 g/mol. The summed E-state index contributed by atoms with van der Waals surface area (Å²) < 4.78 is 21.9. The summed E-state index contributed by atoms with van der Waals surface area (Å²) >= 11 is 14.7. The molecule has 0 bridgehead atoms. The van der Waals surface area contributed by atoms with Crippen LogP contribution >= 0.6 is 34.8 Å². The molecule has 0 fully saturated rings. The number of rotatable bonds is 2. The molecule has 0 radical (unpaired) electrons. The van der Waals surface area contributed by atoms with Crippen molar-refractivity contribution in [2.75, 3.05) is 0 Å². The fourth-order valence-electron chi connectivity index (χ4n) is 0.200. The van der Waals surface area contributed by atoms with E-state index in [9.17, 15) is 8.78 Å². The molecule has 0 aromatic carbocycles. The minimum Gasteiger partial charge on any atom is -0.185 e. The molecule has 0 aromatic heterocycles. The highest BCUT2D eigenvalue weighted by Crippen LogP contribution is 2.43. The number of halogens is 5. The highest BCUT2D eigenvalue weighted by Gasteiger charge is 2.48. The molecule has 5 heteroatoms. The van der Waals surface area contributed by atoms with Crippen LogP contribution in [0.2, 0.25) is 0 Å². The van der Waals surface area contributed by atoms with E-state index in [1.54, 1.807) is 0 Å². The van der Waals surface area contributed by atoms with Crippen molar-refractivity contribution in [2.24, 2.45) is 0 Å². The normalized spacial score (nSPS) is 14.0. The van der Waals surface area contributed by atoms with Crippen molar-refractivity contribution in [2.45, 2.75) is 23.1 Å². The van der Waals surface area contributed by atoms with Crippen LogP contribution in [0, 0.1) is 0 Å². The Kier molecular flexibility index (Phi) is 2.99. The molecule has 0 heterocycles. The van der Waals surface area contributed by atoms with E-state index in [0.717, 1.165) is 0 Å². The third-order valence-electron chi connectivity index (χ3n) is 0.859. The van der Waals surface area contributed by atoms with E-state index in [2.05, 4.69) is 11.6 Å². The second kappa shape index (κ2) is 2.77. The van der Waals surface area contributed by atoms with Gasteiger partial charge in [0.1, 0.15) is 0 Å². The number of hydrogen-bond acceptors (Lipinski definition) is 0. The van der Waals surface area contributed by atoms with Crippen molar-refractivity contribution < 1.29 is 8.78 Å². The van der Waals surface area contributed by atoms with Gasteiger partial charge in [0, 0.05) is 0 Å². The molecule has 0 amide bonds. The van der Waals surface area contributed by atoms with Crippen molar-refractivity contribution in [3.05, 3.63) is 0 Å². The summed E-state index contributed by atoms with van der Waals surface area (Å²) in [6.45, 7) is 1.43. The third-order valence-corrected chi connectivity index (χ3v) is 2.38. The lowest BCUT2D eigenvalue weighted by Gasteiger charge is -2.21. The van der Waals surface area contributed by atoms with Crippen molar-refractivity contribution in [1.29, 1.82) is 0 Å². The summed E-state index contributed by atoms with van der Waals surface area (Å²) in [7, 11) is 0. The molecular formula is C4H5Cl3F2. The quantitative estimate of drug-likeness (QED) is 0.595. The van der Waals surface area contributed by atoms with Crippen LogP contribution in [-0.2, 0) is 0 Å². The van der Waals surface area contributed by atoms with Gasteiger partial charge in [0.25, 0.3) is 0 Å². The first-order chi connectivity index (χ1) is 3.81. The summed E-state index contributed by atoms with van der Waals surface area (Å²) in [5.41, 5.74) is 0. The lowest BCUT2D eigenvalue weighted by Crippen LogP contribution is -2.31. The summed E-state index contributed by atoms with van der Waals surface area (Å²) in [5.74, 6) is 0. The van der Waals surface area contributed by atoms with Crippen LogP contribution in [-0.4, -0.2) is 9.72 Å². The molecule has 9 heavy (non-hydrogen) atoms. The minimum absolute atomic E-state index is 0.0907. The van der Waals surface area contributed by atoms with Gasteiger partial charge in [-0.2, -0.15) is 8.78 Å². The van der Waals surface area contributed by atoms with E-state index in [0.29, 0.717) is 0 Å². The lowest BCUT2D eigenvalue weighted by atomic mass is 10.3. The van der Waals surface area contributed by atoms with Crippen LogP contribution in [0.15, 0.2) is 0 Å². The van der Waals surface area contributed by atoms with Crippen LogP contribution in [0.3, 0.4) is 0 Å². The molecule has 0 saturated carbocycles. The predicted octanol–water partition coefficient (Wildman–Crippen LogP) is 3.40. The van der Waals surface area contributed by atoms with Gasteiger partial charge in [-0.25, -0.2) is 0 Å². The van der Waals surface area contributed by atoms with Crippen molar-refractivity contribution in [3.8, 4) is 0 Å². The first-order valence-corrected chi connectivity index (χ1v) is 3.39. The third kappa shape index (κ3) is 2.44. The van der Waals surface area contributed by atoms with E-state index >= 15 is 0 Å². The van der Waals surface area contributed by atoms with Gasteiger partial charge >= 0.3 is 5.38 Å². The molecule has 0 unspecified atom stereocenters. The van der Waals surface area contributed by atoms with Crippen LogP contribution < -0.4 is 0 Å². The maximum absolute atomic E-state index is 12.0. The van der Waals surface area contributed by atoms with E-state index in [1.165, 1.54) is 6.92 Å². The zero-order valence-electron chi connectivity index (χ0n) is 4.60. The van der Waals surface area contributed by atoms with Crippen LogP contribution in [0.5, 0.6) is 0 Å². The van der Waals surface area contributed by atoms with Gasteiger partial charge in [-0.3, -0.25) is 0 Å². The van der Waals surface area contributed by atoms with Gasteiger partial charge in [0.2, 0.25) is 0 Å². The van der Waals surface area contributed by atoms with Gasteiger partial charge < -0.3 is 0 Å². The van der Waals surface area contributed by atoms with Gasteiger partial charge in [0.05, 0.1) is 0 Å². The molecule has 0 aliphatic rings. The smallest absolute Gasteiger partial charge is 0.185 e. The molecule has 0 rings (SSSR count). The first-order valence-electron chi connectivity index (χ1n) is 2.26. The molecule has 0 N–H and O–H groups in total. The van der Waals surface area contributed by atoms with E-state index in [4.69, 9.17) is 23.2 Å². The summed E-state index contributed by atoms with van der Waals surface area (Å²) in [6, 6.07) is 0. The maximum Gasteiger partial charge on any atom is 0.354 e. The van der Waals surface area contributed by atoms with Crippen molar-refractivity contribution in [1.82, 2.24) is 0 Å².